The highest BCUT2D eigenvalue weighted by molar-refractivity contribution is 5.95. The maximum absolute atomic E-state index is 12.8. The Morgan fingerprint density at radius 3 is 3.00 bits per heavy atom. The zero-order valence-electron chi connectivity index (χ0n) is 13.0. The largest absolute Gasteiger partial charge is 0.493 e. The Kier molecular flexibility index (Phi) is 3.48. The zero-order chi connectivity index (χ0) is 16.7. The summed E-state index contributed by atoms with van der Waals surface area (Å²) in [6.07, 6.45) is 2.44. The van der Waals surface area contributed by atoms with Gasteiger partial charge in [0, 0.05) is 29.8 Å². The van der Waals surface area contributed by atoms with E-state index >= 15 is 0 Å². The molecule has 0 unspecified atom stereocenters. The van der Waals surface area contributed by atoms with Crippen molar-refractivity contribution in [2.24, 2.45) is 0 Å². The number of carbonyl (C=O) groups excluding carboxylic acids is 1. The Bertz CT molecular complexity index is 827. The lowest BCUT2D eigenvalue weighted by atomic mass is 10.0. The molecule has 0 spiro atoms. The van der Waals surface area contributed by atoms with Gasteiger partial charge in [0.1, 0.15) is 5.75 Å². The van der Waals surface area contributed by atoms with Crippen LogP contribution in [0.2, 0.25) is 0 Å². The predicted molar refractivity (Wildman–Crippen MR) is 84.2 cm³/mol. The first-order valence-electron chi connectivity index (χ1n) is 7.98. The SMILES string of the molecule is O=C(O)c1n[nH]c2c1CN(C(=O)c1ccc3c(c1)CCCO3)CC2. The van der Waals surface area contributed by atoms with Crippen LogP contribution in [0.4, 0.5) is 0 Å². The predicted octanol–water partition coefficient (Wildman–Crippen LogP) is 1.63. The van der Waals surface area contributed by atoms with Gasteiger partial charge in [-0.1, -0.05) is 0 Å². The van der Waals surface area contributed by atoms with Gasteiger partial charge in [0.15, 0.2) is 5.69 Å². The van der Waals surface area contributed by atoms with Crippen LogP contribution in [0, 0.1) is 0 Å². The van der Waals surface area contributed by atoms with Crippen molar-refractivity contribution in [2.75, 3.05) is 13.2 Å². The Balaban J connectivity index is 1.59. The van der Waals surface area contributed by atoms with Gasteiger partial charge in [0.25, 0.3) is 5.91 Å². The van der Waals surface area contributed by atoms with Crippen molar-refractivity contribution in [1.82, 2.24) is 15.1 Å². The fraction of sp³-hybridized carbons (Fsp3) is 0.353. The van der Waals surface area contributed by atoms with Crippen molar-refractivity contribution in [2.45, 2.75) is 25.8 Å². The molecule has 1 aromatic heterocycles. The summed E-state index contributed by atoms with van der Waals surface area (Å²) >= 11 is 0. The number of nitrogens with zero attached hydrogens (tertiary/aromatic N) is 2. The van der Waals surface area contributed by atoms with Gasteiger partial charge in [-0.25, -0.2) is 4.79 Å². The van der Waals surface area contributed by atoms with Gasteiger partial charge in [0.2, 0.25) is 0 Å². The van der Waals surface area contributed by atoms with Crippen LogP contribution in [-0.2, 0) is 19.4 Å². The number of H-pyrrole nitrogens is 1. The first-order chi connectivity index (χ1) is 11.6. The molecule has 2 aliphatic rings. The van der Waals surface area contributed by atoms with Crippen molar-refractivity contribution < 1.29 is 19.4 Å². The highest BCUT2D eigenvalue weighted by Gasteiger charge is 2.28. The van der Waals surface area contributed by atoms with Crippen LogP contribution in [0.1, 0.15) is 44.1 Å². The van der Waals surface area contributed by atoms with E-state index in [1.165, 1.54) is 0 Å². The topological polar surface area (TPSA) is 95.5 Å². The van der Waals surface area contributed by atoms with Crippen molar-refractivity contribution >= 4 is 11.9 Å². The number of aromatic amines is 1. The van der Waals surface area contributed by atoms with E-state index in [9.17, 15) is 14.7 Å². The molecule has 24 heavy (non-hydrogen) atoms. The van der Waals surface area contributed by atoms with E-state index in [0.29, 0.717) is 30.7 Å². The Morgan fingerprint density at radius 2 is 2.17 bits per heavy atom. The average molecular weight is 327 g/mol. The molecular weight excluding hydrogens is 310 g/mol. The van der Waals surface area contributed by atoms with Gasteiger partial charge in [-0.15, -0.1) is 0 Å². The number of aryl methyl sites for hydroxylation is 1. The monoisotopic (exact) mass is 327 g/mol. The summed E-state index contributed by atoms with van der Waals surface area (Å²) in [6, 6.07) is 5.51. The van der Waals surface area contributed by atoms with Gasteiger partial charge in [-0.05, 0) is 36.6 Å². The minimum absolute atomic E-state index is 0.00124. The maximum Gasteiger partial charge on any atom is 0.356 e. The third-order valence-electron chi connectivity index (χ3n) is 4.58. The highest BCUT2D eigenvalue weighted by atomic mass is 16.5. The molecule has 1 aromatic carbocycles. The van der Waals surface area contributed by atoms with E-state index in [4.69, 9.17) is 4.74 Å². The van der Waals surface area contributed by atoms with Crippen molar-refractivity contribution in [1.29, 1.82) is 0 Å². The van der Waals surface area contributed by atoms with Crippen molar-refractivity contribution in [3.63, 3.8) is 0 Å². The van der Waals surface area contributed by atoms with Gasteiger partial charge < -0.3 is 14.7 Å². The molecule has 2 aromatic rings. The van der Waals surface area contributed by atoms with Crippen molar-refractivity contribution in [3.05, 3.63) is 46.3 Å². The highest BCUT2D eigenvalue weighted by Crippen LogP contribution is 2.27. The van der Waals surface area contributed by atoms with E-state index in [2.05, 4.69) is 10.2 Å². The molecule has 1 amide bonds. The van der Waals surface area contributed by atoms with Crippen LogP contribution in [-0.4, -0.2) is 45.2 Å². The summed E-state index contributed by atoms with van der Waals surface area (Å²) in [5.74, 6) is -0.319. The molecule has 0 bridgehead atoms. The number of carbonyl (C=O) groups is 2. The van der Waals surface area contributed by atoms with Crippen LogP contribution in [0.15, 0.2) is 18.2 Å². The number of hydrogen-bond donors (Lipinski definition) is 2. The first kappa shape index (κ1) is 14.7. The zero-order valence-corrected chi connectivity index (χ0v) is 13.0. The molecule has 7 heteroatoms. The Morgan fingerprint density at radius 1 is 1.29 bits per heavy atom. The summed E-state index contributed by atoms with van der Waals surface area (Å²) in [4.78, 5) is 25.7. The smallest absolute Gasteiger partial charge is 0.356 e. The van der Waals surface area contributed by atoms with E-state index in [1.807, 2.05) is 12.1 Å². The van der Waals surface area contributed by atoms with Gasteiger partial charge in [-0.2, -0.15) is 5.10 Å². The first-order valence-corrected chi connectivity index (χ1v) is 7.98. The molecule has 0 aliphatic carbocycles. The van der Waals surface area contributed by atoms with Crippen LogP contribution < -0.4 is 4.74 Å². The number of ether oxygens (including phenoxy) is 1. The van der Waals surface area contributed by atoms with E-state index in [0.717, 1.165) is 29.8 Å². The fourth-order valence-electron chi connectivity index (χ4n) is 3.32. The lowest BCUT2D eigenvalue weighted by Gasteiger charge is -2.27. The van der Waals surface area contributed by atoms with Gasteiger partial charge >= 0.3 is 5.97 Å². The number of aromatic nitrogens is 2. The molecule has 0 atom stereocenters. The van der Waals surface area contributed by atoms with Crippen molar-refractivity contribution in [3.8, 4) is 5.75 Å². The fourth-order valence-corrected chi connectivity index (χ4v) is 3.32. The molecular formula is C17H17N3O4. The number of hydrogen-bond acceptors (Lipinski definition) is 4. The number of amides is 1. The second-order valence-corrected chi connectivity index (χ2v) is 6.09. The second kappa shape index (κ2) is 5.67. The molecule has 4 rings (SSSR count). The van der Waals surface area contributed by atoms with E-state index in [-0.39, 0.29) is 18.1 Å². The molecule has 0 radical (unpaired) electrons. The minimum Gasteiger partial charge on any atom is -0.493 e. The molecule has 0 saturated carbocycles. The number of nitrogens with one attached hydrogen (secondary N) is 1. The van der Waals surface area contributed by atoms with E-state index < -0.39 is 5.97 Å². The lowest BCUT2D eigenvalue weighted by molar-refractivity contribution is 0.0674. The number of fused-ring (bicyclic) bond motifs is 2. The van der Waals surface area contributed by atoms with Crippen LogP contribution >= 0.6 is 0 Å². The lowest BCUT2D eigenvalue weighted by Crippen LogP contribution is -2.36. The van der Waals surface area contributed by atoms with Gasteiger partial charge in [0.05, 0.1) is 13.2 Å². The number of carboxylic acids is 1. The molecule has 2 aliphatic heterocycles. The molecule has 124 valence electrons. The normalized spacial score (nSPS) is 16.1. The standard InChI is InChI=1S/C17H17N3O4/c21-16(11-3-4-14-10(8-11)2-1-7-24-14)20-6-5-13-12(9-20)15(17(22)23)19-18-13/h3-4,8H,1-2,5-7,9H2,(H,18,19)(H,22,23). The quantitative estimate of drug-likeness (QED) is 0.874. The number of aromatic carboxylic acids is 1. The second-order valence-electron chi connectivity index (χ2n) is 6.09. The van der Waals surface area contributed by atoms with Gasteiger partial charge in [-0.3, -0.25) is 9.89 Å². The van der Waals surface area contributed by atoms with E-state index in [1.54, 1.807) is 11.0 Å². The molecule has 3 heterocycles. The van der Waals surface area contributed by atoms with Crippen LogP contribution in [0.5, 0.6) is 5.75 Å². The number of carboxylic acid groups (broad SMARTS) is 1. The number of benzene rings is 1. The summed E-state index contributed by atoms with van der Waals surface area (Å²) in [7, 11) is 0. The summed E-state index contributed by atoms with van der Waals surface area (Å²) in [5, 5.41) is 15.8. The Hall–Kier alpha value is -2.83. The summed E-state index contributed by atoms with van der Waals surface area (Å²) < 4.78 is 5.58. The Labute approximate surface area is 138 Å². The van der Waals surface area contributed by atoms with Crippen LogP contribution in [0.3, 0.4) is 0 Å². The molecule has 7 nitrogen and oxygen atoms in total. The molecule has 2 N–H and O–H groups in total. The third kappa shape index (κ3) is 2.42. The molecule has 0 fully saturated rings. The van der Waals surface area contributed by atoms with Crippen LogP contribution in [0.25, 0.3) is 0 Å². The summed E-state index contributed by atoms with van der Waals surface area (Å²) in [5.41, 5.74) is 3.07. The number of rotatable bonds is 2. The average Bonchev–Trinajstić information content (AvgIpc) is 3.04. The molecule has 0 saturated heterocycles. The third-order valence-corrected chi connectivity index (χ3v) is 4.58. The summed E-state index contributed by atoms with van der Waals surface area (Å²) in [6.45, 7) is 1.52. The minimum atomic E-state index is -1.08. The maximum atomic E-state index is 12.8.